The summed E-state index contributed by atoms with van der Waals surface area (Å²) in [7, 11) is 0. The highest BCUT2D eigenvalue weighted by molar-refractivity contribution is 5.94. The quantitative estimate of drug-likeness (QED) is 0.196. The molecule has 4 N–H and O–H groups in total. The summed E-state index contributed by atoms with van der Waals surface area (Å²) < 4.78 is 44.1. The van der Waals surface area contributed by atoms with Crippen molar-refractivity contribution in [3.63, 3.8) is 0 Å². The number of hydrogen-bond donors (Lipinski definition) is 4. The zero-order chi connectivity index (χ0) is 30.0. The summed E-state index contributed by atoms with van der Waals surface area (Å²) in [4.78, 5) is 22.1. The van der Waals surface area contributed by atoms with Gasteiger partial charge in [0.05, 0.1) is 24.9 Å². The number of para-hydroxylation sites is 1. The van der Waals surface area contributed by atoms with Crippen LogP contribution in [0.15, 0.2) is 84.2 Å². The molecule has 0 fully saturated rings. The largest absolute Gasteiger partial charge is 0.394 e. The number of aromatic nitrogens is 3. The van der Waals surface area contributed by atoms with Gasteiger partial charge in [-0.3, -0.25) is 9.36 Å². The number of nitrogens with zero attached hydrogens (tertiary/aromatic N) is 3. The van der Waals surface area contributed by atoms with Crippen molar-refractivity contribution in [1.29, 1.82) is 0 Å². The highest BCUT2D eigenvalue weighted by atomic mass is 19.1. The van der Waals surface area contributed by atoms with Gasteiger partial charge in [-0.2, -0.15) is 4.98 Å². The topological polar surface area (TPSA) is 112 Å². The van der Waals surface area contributed by atoms with E-state index in [1.54, 1.807) is 18.2 Å². The van der Waals surface area contributed by atoms with Gasteiger partial charge in [0, 0.05) is 28.4 Å². The molecule has 0 spiro atoms. The molecule has 0 aliphatic heterocycles. The van der Waals surface area contributed by atoms with E-state index in [4.69, 9.17) is 0 Å². The first-order chi connectivity index (χ1) is 20.2. The Kier molecular flexibility index (Phi) is 8.05. The average Bonchev–Trinajstić information content (AvgIpc) is 2.97. The molecule has 5 aromatic rings. The van der Waals surface area contributed by atoms with Gasteiger partial charge in [-0.15, -0.1) is 0 Å². The Hall–Kier alpha value is -5.00. The van der Waals surface area contributed by atoms with Gasteiger partial charge in [0.15, 0.2) is 5.65 Å². The fraction of sp³-hybridized carbons (Fsp3) is 0.129. The number of halogens is 3. The Labute approximate surface area is 238 Å². The zero-order valence-electron chi connectivity index (χ0n) is 22.4. The zero-order valence-corrected chi connectivity index (χ0v) is 22.4. The molecule has 0 unspecified atom stereocenters. The van der Waals surface area contributed by atoms with Crippen LogP contribution in [-0.2, 0) is 0 Å². The molecule has 5 rings (SSSR count). The minimum Gasteiger partial charge on any atom is -0.394 e. The summed E-state index contributed by atoms with van der Waals surface area (Å²) in [6.07, 6.45) is 0. The number of aliphatic hydroxyl groups excluding tert-OH is 2. The van der Waals surface area contributed by atoms with Crippen molar-refractivity contribution in [1.82, 2.24) is 14.5 Å². The van der Waals surface area contributed by atoms with Crippen LogP contribution in [0.3, 0.4) is 0 Å². The molecule has 2 aromatic heterocycles. The molecule has 11 heteroatoms. The number of nitrogens with one attached hydrogen (secondary N) is 2. The molecule has 2 heterocycles. The second kappa shape index (κ2) is 11.9. The molecule has 0 aliphatic carbocycles. The van der Waals surface area contributed by atoms with E-state index in [2.05, 4.69) is 27.2 Å². The van der Waals surface area contributed by atoms with Crippen LogP contribution >= 0.6 is 0 Å². The summed E-state index contributed by atoms with van der Waals surface area (Å²) in [5.74, 6) is -2.40. The third-order valence-corrected chi connectivity index (χ3v) is 6.67. The smallest absolute Gasteiger partial charge is 0.256 e. The molecule has 214 valence electrons. The van der Waals surface area contributed by atoms with Crippen LogP contribution in [-0.4, -0.2) is 44.0 Å². The van der Waals surface area contributed by atoms with Crippen molar-refractivity contribution < 1.29 is 23.4 Å². The molecule has 0 saturated carbocycles. The Bertz CT molecular complexity index is 1830. The van der Waals surface area contributed by atoms with Crippen molar-refractivity contribution in [2.45, 2.75) is 13.0 Å². The number of anilines is 2. The minimum absolute atomic E-state index is 0.0882. The van der Waals surface area contributed by atoms with Crippen molar-refractivity contribution in [2.24, 2.45) is 0 Å². The molecule has 0 saturated heterocycles. The number of fused-ring (bicyclic) bond motifs is 1. The molecule has 0 aliphatic rings. The van der Waals surface area contributed by atoms with E-state index in [0.717, 1.165) is 22.3 Å². The minimum atomic E-state index is -0.968. The SMILES string of the molecule is C=C(Nc1ccc(F)cc1)c1ccc(C)c(-c2nc(NC(CO)CO)nc3c2ccc(=O)n3-c2c(F)cccc2F)c1. The molecule has 3 aromatic carbocycles. The maximum Gasteiger partial charge on any atom is 0.256 e. The van der Waals surface area contributed by atoms with Gasteiger partial charge in [-0.25, -0.2) is 18.2 Å². The van der Waals surface area contributed by atoms with Gasteiger partial charge < -0.3 is 20.8 Å². The highest BCUT2D eigenvalue weighted by Gasteiger charge is 2.21. The second-order valence-electron chi connectivity index (χ2n) is 9.56. The fourth-order valence-electron chi connectivity index (χ4n) is 4.48. The van der Waals surface area contributed by atoms with Crippen molar-refractivity contribution in [3.05, 3.63) is 118 Å². The van der Waals surface area contributed by atoms with Gasteiger partial charge >= 0.3 is 0 Å². The molecular formula is C31H26F3N5O3. The molecule has 0 radical (unpaired) electrons. The summed E-state index contributed by atoms with van der Waals surface area (Å²) in [6.45, 7) is 5.02. The number of aliphatic hydroxyl groups is 2. The van der Waals surface area contributed by atoms with Crippen LogP contribution < -0.4 is 16.2 Å². The lowest BCUT2D eigenvalue weighted by Crippen LogP contribution is -2.29. The van der Waals surface area contributed by atoms with Crippen LogP contribution in [0.25, 0.3) is 33.7 Å². The molecule has 42 heavy (non-hydrogen) atoms. The Morgan fingerprint density at radius 3 is 2.31 bits per heavy atom. The lowest BCUT2D eigenvalue weighted by atomic mass is 9.98. The second-order valence-corrected chi connectivity index (χ2v) is 9.56. The van der Waals surface area contributed by atoms with Crippen LogP contribution in [0.1, 0.15) is 11.1 Å². The standard InChI is InChI=1S/C31H26F3N5O3/c1-17-6-7-19(18(2)35-21-10-8-20(32)9-11-21)14-24(17)28-23-12-13-27(42)39(29-25(33)4-3-5-26(29)34)30(23)38-31(37-28)36-22(15-40)16-41/h3-14,22,35,40-41H,2,15-16H2,1H3,(H,36,37,38). The summed E-state index contributed by atoms with van der Waals surface area (Å²) >= 11 is 0. The molecule has 0 amide bonds. The van der Waals surface area contributed by atoms with E-state index in [-0.39, 0.29) is 17.4 Å². The first-order valence-electron chi connectivity index (χ1n) is 12.9. The van der Waals surface area contributed by atoms with Crippen molar-refractivity contribution in [3.8, 4) is 16.9 Å². The van der Waals surface area contributed by atoms with E-state index in [1.165, 1.54) is 30.3 Å². The molecule has 0 atom stereocenters. The fourth-order valence-corrected chi connectivity index (χ4v) is 4.48. The number of pyridine rings is 1. The molecular weight excluding hydrogens is 547 g/mol. The predicted octanol–water partition coefficient (Wildman–Crippen LogP) is 5.02. The third-order valence-electron chi connectivity index (χ3n) is 6.67. The third kappa shape index (κ3) is 5.60. The summed E-state index contributed by atoms with van der Waals surface area (Å²) in [6, 6.07) is 16.3. The van der Waals surface area contributed by atoms with Gasteiger partial charge in [0.2, 0.25) is 5.95 Å². The van der Waals surface area contributed by atoms with E-state index >= 15 is 0 Å². The summed E-state index contributed by atoms with van der Waals surface area (Å²) in [5, 5.41) is 25.5. The number of hydrogen-bond acceptors (Lipinski definition) is 7. The van der Waals surface area contributed by atoms with Crippen LogP contribution in [0.2, 0.25) is 0 Å². The Morgan fingerprint density at radius 2 is 1.64 bits per heavy atom. The highest BCUT2D eigenvalue weighted by Crippen LogP contribution is 2.33. The number of benzene rings is 3. The van der Waals surface area contributed by atoms with E-state index in [0.29, 0.717) is 33.6 Å². The van der Waals surface area contributed by atoms with E-state index < -0.39 is 42.1 Å². The monoisotopic (exact) mass is 573 g/mol. The van der Waals surface area contributed by atoms with Crippen LogP contribution in [0.4, 0.5) is 24.8 Å². The predicted molar refractivity (Wildman–Crippen MR) is 156 cm³/mol. The first kappa shape index (κ1) is 28.5. The maximum absolute atomic E-state index is 14.9. The molecule has 0 bridgehead atoms. The van der Waals surface area contributed by atoms with Gasteiger partial charge in [0.25, 0.3) is 5.56 Å². The van der Waals surface area contributed by atoms with Crippen molar-refractivity contribution >= 4 is 28.4 Å². The Balaban J connectivity index is 1.73. The number of aryl methyl sites for hydroxylation is 1. The average molecular weight is 574 g/mol. The summed E-state index contributed by atoms with van der Waals surface area (Å²) in [5.41, 5.74) is 2.04. The molecule has 8 nitrogen and oxygen atoms in total. The lowest BCUT2D eigenvalue weighted by molar-refractivity contribution is 0.203. The normalized spacial score (nSPS) is 11.2. The maximum atomic E-state index is 14.9. The number of rotatable bonds is 9. The Morgan fingerprint density at radius 1 is 0.952 bits per heavy atom. The van der Waals surface area contributed by atoms with Crippen molar-refractivity contribution in [2.75, 3.05) is 23.8 Å². The van der Waals surface area contributed by atoms with E-state index in [1.807, 2.05) is 19.1 Å². The van der Waals surface area contributed by atoms with Crippen LogP contribution in [0.5, 0.6) is 0 Å². The lowest BCUT2D eigenvalue weighted by Gasteiger charge is -2.19. The van der Waals surface area contributed by atoms with Gasteiger partial charge in [-0.05, 0) is 66.6 Å². The first-order valence-corrected chi connectivity index (χ1v) is 12.9. The van der Waals surface area contributed by atoms with E-state index in [9.17, 15) is 28.2 Å². The van der Waals surface area contributed by atoms with Crippen LogP contribution in [0, 0.1) is 24.4 Å². The van der Waals surface area contributed by atoms with Gasteiger partial charge in [0.1, 0.15) is 23.1 Å². The van der Waals surface area contributed by atoms with Gasteiger partial charge in [-0.1, -0.05) is 24.8 Å².